The van der Waals surface area contributed by atoms with E-state index >= 15 is 0 Å². The Morgan fingerprint density at radius 2 is 1.77 bits per heavy atom. The standard InChI is InChI=1S/C29H30ClF3N6O4S/c30-25-14-22(29(31,32)33)15-26(37-25)38-8-10-39(11-9-38)44(42,43)24-6-4-23(5-7-24)36-28(41)21-3-1-2-19(12-21)16-34-17-20-13-27(40)35-18-20/h1-7,12,14-15,20,34H,8-11,13,16-18H2,(H,35,40)(H,36,41). The minimum Gasteiger partial charge on any atom is -0.356 e. The quantitative estimate of drug-likeness (QED) is 0.302. The normalized spacial score (nSPS) is 17.9. The number of benzene rings is 2. The lowest BCUT2D eigenvalue weighted by atomic mass is 10.1. The van der Waals surface area contributed by atoms with Crippen LogP contribution in [-0.4, -0.2) is 68.8 Å². The predicted molar refractivity (Wildman–Crippen MR) is 159 cm³/mol. The second-order valence-corrected chi connectivity index (χ2v) is 12.9. The van der Waals surface area contributed by atoms with Gasteiger partial charge in [0.15, 0.2) is 0 Å². The highest BCUT2D eigenvalue weighted by Crippen LogP contribution is 2.33. The number of piperazine rings is 1. The fourth-order valence-electron chi connectivity index (χ4n) is 5.08. The van der Waals surface area contributed by atoms with E-state index in [9.17, 15) is 31.2 Å². The van der Waals surface area contributed by atoms with E-state index in [-0.39, 0.29) is 59.8 Å². The summed E-state index contributed by atoms with van der Waals surface area (Å²) in [5, 5.41) is 8.59. The second kappa shape index (κ2) is 13.1. The number of carbonyl (C=O) groups is 2. The zero-order valence-corrected chi connectivity index (χ0v) is 25.0. The maximum absolute atomic E-state index is 13.3. The highest BCUT2D eigenvalue weighted by molar-refractivity contribution is 7.89. The third-order valence-corrected chi connectivity index (χ3v) is 9.54. The summed E-state index contributed by atoms with van der Waals surface area (Å²) in [7, 11) is -3.89. The summed E-state index contributed by atoms with van der Waals surface area (Å²) in [4.78, 5) is 29.8. The van der Waals surface area contributed by atoms with Crippen LogP contribution in [0.2, 0.25) is 5.15 Å². The molecule has 2 aromatic carbocycles. The number of nitrogens with zero attached hydrogens (tertiary/aromatic N) is 3. The van der Waals surface area contributed by atoms with E-state index in [1.165, 1.54) is 28.6 Å². The molecule has 2 aliphatic heterocycles. The smallest absolute Gasteiger partial charge is 0.356 e. The van der Waals surface area contributed by atoms with E-state index in [0.29, 0.717) is 37.3 Å². The molecule has 234 valence electrons. The van der Waals surface area contributed by atoms with E-state index in [0.717, 1.165) is 17.7 Å². The number of pyridine rings is 1. The molecule has 0 spiro atoms. The Labute approximate surface area is 257 Å². The van der Waals surface area contributed by atoms with Gasteiger partial charge in [0.25, 0.3) is 5.91 Å². The summed E-state index contributed by atoms with van der Waals surface area (Å²) < 4.78 is 67.3. The van der Waals surface area contributed by atoms with Crippen molar-refractivity contribution in [3.63, 3.8) is 0 Å². The first-order valence-electron chi connectivity index (χ1n) is 13.9. The van der Waals surface area contributed by atoms with E-state index in [1.54, 1.807) is 23.1 Å². The van der Waals surface area contributed by atoms with E-state index < -0.39 is 21.8 Å². The lowest BCUT2D eigenvalue weighted by molar-refractivity contribution is -0.137. The number of hydrogen-bond donors (Lipinski definition) is 3. The first-order valence-corrected chi connectivity index (χ1v) is 15.7. The number of sulfonamides is 1. The molecule has 3 N–H and O–H groups in total. The lowest BCUT2D eigenvalue weighted by Crippen LogP contribution is -2.49. The predicted octanol–water partition coefficient (Wildman–Crippen LogP) is 3.74. The molecule has 2 fully saturated rings. The Kier molecular flexibility index (Phi) is 9.44. The molecule has 2 saturated heterocycles. The SMILES string of the molecule is O=C1CC(CNCc2cccc(C(=O)Nc3ccc(S(=O)(=O)N4CCN(c5cc(C(F)(F)F)cc(Cl)n5)CC4)cc3)c2)CN1. The average Bonchev–Trinajstić information content (AvgIpc) is 3.41. The summed E-state index contributed by atoms with van der Waals surface area (Å²) in [5.74, 6) is -0.0254. The number of halogens is 4. The van der Waals surface area contributed by atoms with Gasteiger partial charge in [-0.25, -0.2) is 13.4 Å². The zero-order chi connectivity index (χ0) is 31.5. The Balaban J connectivity index is 1.15. The molecular weight excluding hydrogens is 621 g/mol. The average molecular weight is 651 g/mol. The van der Waals surface area contributed by atoms with Gasteiger partial charge in [-0.15, -0.1) is 0 Å². The molecule has 1 unspecified atom stereocenters. The highest BCUT2D eigenvalue weighted by atomic mass is 35.5. The van der Waals surface area contributed by atoms with Crippen LogP contribution in [0.15, 0.2) is 65.6 Å². The number of amides is 2. The zero-order valence-electron chi connectivity index (χ0n) is 23.4. The van der Waals surface area contributed by atoms with Gasteiger partial charge >= 0.3 is 6.18 Å². The first kappa shape index (κ1) is 31.7. The maximum atomic E-state index is 13.3. The van der Waals surface area contributed by atoms with Crippen LogP contribution < -0.4 is 20.9 Å². The Bertz CT molecular complexity index is 1630. The van der Waals surface area contributed by atoms with Gasteiger partial charge in [-0.3, -0.25) is 9.59 Å². The molecule has 1 aromatic heterocycles. The van der Waals surface area contributed by atoms with Crippen molar-refractivity contribution < 1.29 is 31.2 Å². The Morgan fingerprint density at radius 1 is 1.05 bits per heavy atom. The van der Waals surface area contributed by atoms with Crippen molar-refractivity contribution in [1.29, 1.82) is 0 Å². The summed E-state index contributed by atoms with van der Waals surface area (Å²) in [5.41, 5.74) is 0.830. The Hall–Kier alpha value is -3.72. The molecule has 15 heteroatoms. The van der Waals surface area contributed by atoms with Crippen LogP contribution in [0.1, 0.15) is 27.9 Å². The van der Waals surface area contributed by atoms with Crippen LogP contribution in [0.3, 0.4) is 0 Å². The van der Waals surface area contributed by atoms with Crippen LogP contribution in [-0.2, 0) is 27.5 Å². The van der Waals surface area contributed by atoms with Crippen molar-refractivity contribution in [2.45, 2.75) is 24.0 Å². The van der Waals surface area contributed by atoms with Gasteiger partial charge in [0.1, 0.15) is 11.0 Å². The number of alkyl halides is 3. The number of nitrogens with one attached hydrogen (secondary N) is 3. The van der Waals surface area contributed by atoms with Crippen LogP contribution in [0, 0.1) is 5.92 Å². The fourth-order valence-corrected chi connectivity index (χ4v) is 6.71. The van der Waals surface area contributed by atoms with Gasteiger partial charge in [-0.1, -0.05) is 23.7 Å². The second-order valence-electron chi connectivity index (χ2n) is 10.6. The van der Waals surface area contributed by atoms with Crippen LogP contribution >= 0.6 is 11.6 Å². The molecule has 2 aliphatic rings. The fraction of sp³-hybridized carbons (Fsp3) is 0.345. The van der Waals surface area contributed by atoms with E-state index in [4.69, 9.17) is 11.6 Å². The topological polar surface area (TPSA) is 124 Å². The maximum Gasteiger partial charge on any atom is 0.416 e. The van der Waals surface area contributed by atoms with Gasteiger partial charge in [0, 0.05) is 63.5 Å². The van der Waals surface area contributed by atoms with Crippen molar-refractivity contribution in [1.82, 2.24) is 19.9 Å². The van der Waals surface area contributed by atoms with Crippen LogP contribution in [0.4, 0.5) is 24.7 Å². The van der Waals surface area contributed by atoms with Crippen molar-refractivity contribution in [3.8, 4) is 0 Å². The number of hydrogen-bond acceptors (Lipinski definition) is 7. The molecular formula is C29H30ClF3N6O4S. The number of anilines is 2. The summed E-state index contributed by atoms with van der Waals surface area (Å²) in [6.07, 6.45) is -4.08. The van der Waals surface area contributed by atoms with Gasteiger partial charge in [0.05, 0.1) is 10.5 Å². The van der Waals surface area contributed by atoms with E-state index in [2.05, 4.69) is 20.9 Å². The van der Waals surface area contributed by atoms with Crippen molar-refractivity contribution in [2.75, 3.05) is 49.5 Å². The van der Waals surface area contributed by atoms with Crippen LogP contribution in [0.25, 0.3) is 0 Å². The molecule has 44 heavy (non-hydrogen) atoms. The molecule has 3 aromatic rings. The third kappa shape index (κ3) is 7.67. The number of rotatable bonds is 9. The third-order valence-electron chi connectivity index (χ3n) is 7.43. The first-order chi connectivity index (χ1) is 20.9. The number of carbonyl (C=O) groups excluding carboxylic acids is 2. The monoisotopic (exact) mass is 650 g/mol. The Morgan fingerprint density at radius 3 is 2.43 bits per heavy atom. The molecule has 2 amide bonds. The molecule has 0 aliphatic carbocycles. The summed E-state index contributed by atoms with van der Waals surface area (Å²) in [6.45, 7) is 2.21. The molecule has 0 bridgehead atoms. The largest absolute Gasteiger partial charge is 0.416 e. The van der Waals surface area contributed by atoms with Gasteiger partial charge in [0.2, 0.25) is 15.9 Å². The minimum absolute atomic E-state index is 0.0245. The molecule has 10 nitrogen and oxygen atoms in total. The molecule has 0 saturated carbocycles. The number of aromatic nitrogens is 1. The lowest BCUT2D eigenvalue weighted by Gasteiger charge is -2.35. The minimum atomic E-state index is -4.59. The van der Waals surface area contributed by atoms with Crippen LogP contribution in [0.5, 0.6) is 0 Å². The van der Waals surface area contributed by atoms with Crippen molar-refractivity contribution in [2.24, 2.45) is 5.92 Å². The van der Waals surface area contributed by atoms with Gasteiger partial charge in [-0.05, 0) is 60.0 Å². The van der Waals surface area contributed by atoms with E-state index in [1.807, 2.05) is 6.07 Å². The summed E-state index contributed by atoms with van der Waals surface area (Å²) >= 11 is 5.80. The highest BCUT2D eigenvalue weighted by Gasteiger charge is 2.34. The summed E-state index contributed by atoms with van der Waals surface area (Å²) in [6, 6.07) is 14.6. The van der Waals surface area contributed by atoms with Crippen molar-refractivity contribution in [3.05, 3.63) is 82.5 Å². The van der Waals surface area contributed by atoms with Gasteiger partial charge < -0.3 is 20.9 Å². The van der Waals surface area contributed by atoms with Crippen molar-refractivity contribution >= 4 is 44.9 Å². The molecule has 0 radical (unpaired) electrons. The molecule has 1 atom stereocenters. The molecule has 5 rings (SSSR count). The van der Waals surface area contributed by atoms with Gasteiger partial charge in [-0.2, -0.15) is 17.5 Å². The molecule has 3 heterocycles.